The number of hydrogen-bond acceptors (Lipinski definition) is 4. The van der Waals surface area contributed by atoms with Crippen molar-refractivity contribution >= 4 is 11.4 Å². The highest BCUT2D eigenvalue weighted by Gasteiger charge is 2.19. The summed E-state index contributed by atoms with van der Waals surface area (Å²) in [5, 5.41) is 9.13. The molecule has 20 heavy (non-hydrogen) atoms. The first-order valence-electron chi connectivity index (χ1n) is 6.78. The highest BCUT2D eigenvalue weighted by atomic mass is 15.3. The van der Waals surface area contributed by atoms with E-state index in [0.717, 1.165) is 31.9 Å². The largest absolute Gasteiger partial charge is 0.368 e. The Balaban J connectivity index is 1.72. The van der Waals surface area contributed by atoms with E-state index in [2.05, 4.69) is 45.1 Å². The molecule has 0 spiro atoms. The summed E-state index contributed by atoms with van der Waals surface area (Å²) in [6.07, 6.45) is 1.67. The van der Waals surface area contributed by atoms with E-state index in [1.165, 1.54) is 5.69 Å². The molecule has 0 bridgehead atoms. The molecule has 0 saturated carbocycles. The Labute approximate surface area is 118 Å². The maximum atomic E-state index is 9.13. The van der Waals surface area contributed by atoms with Crippen LogP contribution in [0.25, 0.3) is 0 Å². The third-order valence-corrected chi connectivity index (χ3v) is 3.63. The molecule has 4 nitrogen and oxygen atoms in total. The monoisotopic (exact) mass is 264 g/mol. The summed E-state index contributed by atoms with van der Waals surface area (Å²) in [5.41, 5.74) is 2.72. The van der Waals surface area contributed by atoms with Gasteiger partial charge in [-0.25, -0.2) is 4.98 Å². The van der Waals surface area contributed by atoms with Gasteiger partial charge in [0.2, 0.25) is 0 Å². The standard InChI is InChI=1S/C16H16N4/c17-13-15-16(7-4-8-18-15)20-11-9-19(10-12-20)14-5-2-1-3-6-14/h1-8H,9-12H2. The minimum absolute atomic E-state index is 0.515. The lowest BCUT2D eigenvalue weighted by molar-refractivity contribution is 0.652. The Bertz CT molecular complexity index is 610. The van der Waals surface area contributed by atoms with Crippen molar-refractivity contribution in [1.29, 1.82) is 5.26 Å². The summed E-state index contributed by atoms with van der Waals surface area (Å²) in [6.45, 7) is 3.75. The molecule has 4 heteroatoms. The summed E-state index contributed by atoms with van der Waals surface area (Å²) in [6, 6.07) is 16.5. The number of hydrogen-bond donors (Lipinski definition) is 0. The molecular weight excluding hydrogens is 248 g/mol. The molecule has 3 rings (SSSR count). The van der Waals surface area contributed by atoms with Crippen LogP contribution in [0.3, 0.4) is 0 Å². The molecule has 0 radical (unpaired) electrons. The average Bonchev–Trinajstić information content (AvgIpc) is 2.56. The van der Waals surface area contributed by atoms with Gasteiger partial charge < -0.3 is 9.80 Å². The van der Waals surface area contributed by atoms with Crippen molar-refractivity contribution in [2.45, 2.75) is 0 Å². The first kappa shape index (κ1) is 12.5. The molecule has 1 aromatic heterocycles. The van der Waals surface area contributed by atoms with Gasteiger partial charge in [-0.3, -0.25) is 0 Å². The molecule has 2 aromatic rings. The van der Waals surface area contributed by atoms with Crippen LogP contribution in [-0.2, 0) is 0 Å². The molecule has 100 valence electrons. The predicted molar refractivity (Wildman–Crippen MR) is 79.8 cm³/mol. The zero-order valence-corrected chi connectivity index (χ0v) is 11.2. The molecule has 1 aromatic carbocycles. The lowest BCUT2D eigenvalue weighted by Crippen LogP contribution is -2.46. The van der Waals surface area contributed by atoms with Crippen molar-refractivity contribution in [3.05, 3.63) is 54.4 Å². The van der Waals surface area contributed by atoms with E-state index in [0.29, 0.717) is 5.69 Å². The van der Waals surface area contributed by atoms with Gasteiger partial charge in [0.05, 0.1) is 5.69 Å². The van der Waals surface area contributed by atoms with Crippen LogP contribution in [0.1, 0.15) is 5.69 Å². The quantitative estimate of drug-likeness (QED) is 0.834. The number of piperazine rings is 1. The molecule has 1 saturated heterocycles. The fraction of sp³-hybridized carbons (Fsp3) is 0.250. The predicted octanol–water partition coefficient (Wildman–Crippen LogP) is 2.28. The highest BCUT2D eigenvalue weighted by molar-refractivity contribution is 5.57. The SMILES string of the molecule is N#Cc1ncccc1N1CCN(c2ccccc2)CC1. The molecule has 0 unspecified atom stereocenters. The maximum Gasteiger partial charge on any atom is 0.163 e. The van der Waals surface area contributed by atoms with Crippen LogP contribution < -0.4 is 9.80 Å². The van der Waals surface area contributed by atoms with Crippen LogP contribution in [0.5, 0.6) is 0 Å². The number of pyridine rings is 1. The normalized spacial score (nSPS) is 14.9. The Morgan fingerprint density at radius 3 is 2.30 bits per heavy atom. The lowest BCUT2D eigenvalue weighted by Gasteiger charge is -2.37. The van der Waals surface area contributed by atoms with Gasteiger partial charge in [-0.2, -0.15) is 5.26 Å². The van der Waals surface area contributed by atoms with E-state index in [9.17, 15) is 0 Å². The van der Waals surface area contributed by atoms with Crippen LogP contribution in [-0.4, -0.2) is 31.2 Å². The Morgan fingerprint density at radius 2 is 1.60 bits per heavy atom. The highest BCUT2D eigenvalue weighted by Crippen LogP contribution is 2.21. The fourth-order valence-electron chi connectivity index (χ4n) is 2.58. The molecular formula is C16H16N4. The van der Waals surface area contributed by atoms with Crippen molar-refractivity contribution in [3.63, 3.8) is 0 Å². The number of para-hydroxylation sites is 1. The van der Waals surface area contributed by atoms with Gasteiger partial charge in [-0.05, 0) is 24.3 Å². The van der Waals surface area contributed by atoms with Crippen LogP contribution in [0.15, 0.2) is 48.7 Å². The van der Waals surface area contributed by atoms with Gasteiger partial charge in [-0.1, -0.05) is 18.2 Å². The van der Waals surface area contributed by atoms with E-state index in [-0.39, 0.29) is 0 Å². The van der Waals surface area contributed by atoms with Gasteiger partial charge >= 0.3 is 0 Å². The molecule has 1 aliphatic heterocycles. The number of anilines is 2. The fourth-order valence-corrected chi connectivity index (χ4v) is 2.58. The van der Waals surface area contributed by atoms with E-state index in [1.54, 1.807) is 6.20 Å². The maximum absolute atomic E-state index is 9.13. The number of nitrogens with zero attached hydrogens (tertiary/aromatic N) is 4. The van der Waals surface area contributed by atoms with Gasteiger partial charge in [0.15, 0.2) is 5.69 Å². The van der Waals surface area contributed by atoms with Crippen molar-refractivity contribution < 1.29 is 0 Å². The molecule has 1 fully saturated rings. The molecule has 0 atom stereocenters. The number of nitriles is 1. The second kappa shape index (κ2) is 5.62. The topological polar surface area (TPSA) is 43.2 Å². The van der Waals surface area contributed by atoms with Crippen LogP contribution in [0.4, 0.5) is 11.4 Å². The van der Waals surface area contributed by atoms with Crippen molar-refractivity contribution in [2.24, 2.45) is 0 Å². The van der Waals surface area contributed by atoms with Gasteiger partial charge in [0, 0.05) is 38.1 Å². The molecule has 2 heterocycles. The zero-order chi connectivity index (χ0) is 13.8. The van der Waals surface area contributed by atoms with Gasteiger partial charge in [-0.15, -0.1) is 0 Å². The van der Waals surface area contributed by atoms with Crippen LogP contribution >= 0.6 is 0 Å². The van der Waals surface area contributed by atoms with E-state index < -0.39 is 0 Å². The summed E-state index contributed by atoms with van der Waals surface area (Å²) in [7, 11) is 0. The van der Waals surface area contributed by atoms with E-state index in [1.807, 2.05) is 18.2 Å². The van der Waals surface area contributed by atoms with Gasteiger partial charge in [0.25, 0.3) is 0 Å². The summed E-state index contributed by atoms with van der Waals surface area (Å²) in [5.74, 6) is 0. The number of aromatic nitrogens is 1. The zero-order valence-electron chi connectivity index (χ0n) is 11.2. The average molecular weight is 264 g/mol. The van der Waals surface area contributed by atoms with Crippen LogP contribution in [0.2, 0.25) is 0 Å². The summed E-state index contributed by atoms with van der Waals surface area (Å²) < 4.78 is 0. The number of benzene rings is 1. The lowest BCUT2D eigenvalue weighted by atomic mass is 10.2. The van der Waals surface area contributed by atoms with Gasteiger partial charge in [0.1, 0.15) is 6.07 Å². The molecule has 1 aliphatic rings. The second-order valence-corrected chi connectivity index (χ2v) is 4.79. The minimum atomic E-state index is 0.515. The number of rotatable bonds is 2. The first-order chi connectivity index (χ1) is 9.88. The second-order valence-electron chi connectivity index (χ2n) is 4.79. The minimum Gasteiger partial charge on any atom is -0.368 e. The Kier molecular flexibility index (Phi) is 3.51. The third kappa shape index (κ3) is 2.43. The van der Waals surface area contributed by atoms with Crippen molar-refractivity contribution in [3.8, 4) is 6.07 Å². The summed E-state index contributed by atoms with van der Waals surface area (Å²) in [4.78, 5) is 8.75. The van der Waals surface area contributed by atoms with Crippen molar-refractivity contribution in [1.82, 2.24) is 4.98 Å². The van der Waals surface area contributed by atoms with E-state index >= 15 is 0 Å². The van der Waals surface area contributed by atoms with Crippen molar-refractivity contribution in [2.75, 3.05) is 36.0 Å². The Hall–Kier alpha value is -2.54. The molecule has 0 N–H and O–H groups in total. The third-order valence-electron chi connectivity index (χ3n) is 3.63. The molecule has 0 amide bonds. The Morgan fingerprint density at radius 1 is 0.900 bits per heavy atom. The summed E-state index contributed by atoms with van der Waals surface area (Å²) >= 11 is 0. The molecule has 0 aliphatic carbocycles. The van der Waals surface area contributed by atoms with E-state index in [4.69, 9.17) is 5.26 Å². The van der Waals surface area contributed by atoms with Crippen LogP contribution in [0, 0.1) is 11.3 Å². The smallest absolute Gasteiger partial charge is 0.163 e. The first-order valence-corrected chi connectivity index (χ1v) is 6.78.